The highest BCUT2D eigenvalue weighted by Gasteiger charge is 2.25. The van der Waals surface area contributed by atoms with Crippen LogP contribution in [0.4, 0.5) is 0 Å². The SMILES string of the molecule is CCOC=c1sc(=C(C(=O)OCC)C(=O)OCC)n(CC)c1=O. The summed E-state index contributed by atoms with van der Waals surface area (Å²) in [6, 6.07) is 0. The van der Waals surface area contributed by atoms with Crippen LogP contribution in [0.3, 0.4) is 0 Å². The largest absolute Gasteiger partial charge is 0.500 e. The van der Waals surface area contributed by atoms with Crippen LogP contribution in [0.1, 0.15) is 27.7 Å². The molecule has 1 rings (SSSR count). The molecule has 0 aliphatic heterocycles. The fourth-order valence-corrected chi connectivity index (χ4v) is 2.91. The maximum atomic E-state index is 12.3. The minimum atomic E-state index is -0.808. The van der Waals surface area contributed by atoms with Gasteiger partial charge < -0.3 is 14.2 Å². The standard InChI is InChI=1S/C15H21NO6S/c1-5-16-12(17)10(9-20-6-2)23-13(16)11(14(18)21-7-3)15(19)22-8-4/h9H,5-8H2,1-4H3. The van der Waals surface area contributed by atoms with Gasteiger partial charge in [-0.15, -0.1) is 11.3 Å². The molecule has 0 aliphatic rings. The summed E-state index contributed by atoms with van der Waals surface area (Å²) in [5, 5.41) is 0. The number of hydrogen-bond donors (Lipinski definition) is 0. The van der Waals surface area contributed by atoms with Gasteiger partial charge in [0.15, 0.2) is 5.57 Å². The summed E-state index contributed by atoms with van der Waals surface area (Å²) in [6.45, 7) is 7.74. The lowest BCUT2D eigenvalue weighted by molar-refractivity contribution is -0.142. The molecular weight excluding hydrogens is 322 g/mol. The highest BCUT2D eigenvalue weighted by Crippen LogP contribution is 2.02. The summed E-state index contributed by atoms with van der Waals surface area (Å²) in [5.74, 6) is -1.62. The van der Waals surface area contributed by atoms with Crippen LogP contribution in [0.2, 0.25) is 0 Å². The first-order valence-electron chi connectivity index (χ1n) is 7.41. The molecular formula is C15H21NO6S. The molecule has 23 heavy (non-hydrogen) atoms. The number of ether oxygens (including phenoxy) is 3. The Bertz CT molecular complexity index is 710. The van der Waals surface area contributed by atoms with Gasteiger partial charge >= 0.3 is 11.9 Å². The monoisotopic (exact) mass is 343 g/mol. The van der Waals surface area contributed by atoms with Crippen LogP contribution in [0.25, 0.3) is 11.8 Å². The molecule has 8 heteroatoms. The fraction of sp³-hybridized carbons (Fsp3) is 0.533. The van der Waals surface area contributed by atoms with E-state index >= 15 is 0 Å². The number of thiazole rings is 1. The van der Waals surface area contributed by atoms with Crippen molar-refractivity contribution in [3.05, 3.63) is 19.5 Å². The number of rotatable bonds is 7. The van der Waals surface area contributed by atoms with E-state index in [1.807, 2.05) is 0 Å². The zero-order chi connectivity index (χ0) is 17.4. The second-order valence-corrected chi connectivity index (χ2v) is 5.24. The van der Waals surface area contributed by atoms with Crippen LogP contribution in [-0.4, -0.2) is 36.3 Å². The molecule has 0 unspecified atom stereocenters. The van der Waals surface area contributed by atoms with Crippen molar-refractivity contribution in [3.63, 3.8) is 0 Å². The Morgan fingerprint density at radius 1 is 1.04 bits per heavy atom. The Morgan fingerprint density at radius 3 is 2.04 bits per heavy atom. The first-order chi connectivity index (χ1) is 11.0. The maximum Gasteiger partial charge on any atom is 0.348 e. The molecule has 1 aromatic heterocycles. The molecule has 128 valence electrons. The Kier molecular flexibility index (Phi) is 7.53. The van der Waals surface area contributed by atoms with Crippen molar-refractivity contribution in [2.24, 2.45) is 0 Å². The molecule has 1 heterocycles. The van der Waals surface area contributed by atoms with E-state index < -0.39 is 11.9 Å². The molecule has 0 N–H and O–H groups in total. The zero-order valence-electron chi connectivity index (χ0n) is 13.7. The van der Waals surface area contributed by atoms with E-state index in [1.165, 1.54) is 10.8 Å². The molecule has 1 aromatic rings. The van der Waals surface area contributed by atoms with E-state index in [-0.39, 0.29) is 29.0 Å². The molecule has 0 spiro atoms. The van der Waals surface area contributed by atoms with Crippen LogP contribution in [0.5, 0.6) is 0 Å². The van der Waals surface area contributed by atoms with Gasteiger partial charge in [-0.25, -0.2) is 9.59 Å². The van der Waals surface area contributed by atoms with Crippen molar-refractivity contribution < 1.29 is 23.8 Å². The van der Waals surface area contributed by atoms with Crippen molar-refractivity contribution >= 4 is 35.1 Å². The van der Waals surface area contributed by atoms with Crippen molar-refractivity contribution in [3.8, 4) is 0 Å². The summed E-state index contributed by atoms with van der Waals surface area (Å²) in [6.07, 6.45) is 1.33. The molecule has 0 radical (unpaired) electrons. The highest BCUT2D eigenvalue weighted by atomic mass is 32.1. The average molecular weight is 343 g/mol. The summed E-state index contributed by atoms with van der Waals surface area (Å²) in [7, 11) is 0. The Labute approximate surface area is 137 Å². The first kappa shape index (κ1) is 19.0. The maximum absolute atomic E-state index is 12.3. The third-order valence-electron chi connectivity index (χ3n) is 2.75. The molecule has 0 aliphatic carbocycles. The van der Waals surface area contributed by atoms with Crippen molar-refractivity contribution in [2.75, 3.05) is 19.8 Å². The molecule has 0 fully saturated rings. The number of hydrogen-bond acceptors (Lipinski definition) is 7. The van der Waals surface area contributed by atoms with Crippen LogP contribution < -0.4 is 14.8 Å². The van der Waals surface area contributed by atoms with E-state index in [9.17, 15) is 14.4 Å². The number of nitrogens with zero attached hydrogens (tertiary/aromatic N) is 1. The van der Waals surface area contributed by atoms with Gasteiger partial charge in [0.05, 0.1) is 19.8 Å². The average Bonchev–Trinajstić information content (AvgIpc) is 2.81. The van der Waals surface area contributed by atoms with Gasteiger partial charge in [-0.05, 0) is 27.7 Å². The predicted octanol–water partition coefficient (Wildman–Crippen LogP) is -0.0189. The van der Waals surface area contributed by atoms with Gasteiger partial charge in [0.2, 0.25) is 0 Å². The van der Waals surface area contributed by atoms with E-state index in [2.05, 4.69) is 0 Å². The fourth-order valence-electron chi connectivity index (χ4n) is 1.80. The van der Waals surface area contributed by atoms with Gasteiger partial charge in [-0.2, -0.15) is 0 Å². The lowest BCUT2D eigenvalue weighted by Crippen LogP contribution is -2.34. The first-order valence-corrected chi connectivity index (χ1v) is 8.23. The molecule has 0 amide bonds. The number of carbonyl (C=O) groups is 2. The molecule has 0 bridgehead atoms. The number of aromatic nitrogens is 1. The minimum Gasteiger partial charge on any atom is -0.500 e. The summed E-state index contributed by atoms with van der Waals surface area (Å²) < 4.78 is 16.8. The van der Waals surface area contributed by atoms with Crippen molar-refractivity contribution in [1.29, 1.82) is 0 Å². The van der Waals surface area contributed by atoms with E-state index in [1.54, 1.807) is 27.7 Å². The Morgan fingerprint density at radius 2 is 1.61 bits per heavy atom. The summed E-state index contributed by atoms with van der Waals surface area (Å²) >= 11 is 0.998. The highest BCUT2D eigenvalue weighted by molar-refractivity contribution is 7.07. The third kappa shape index (κ3) is 4.44. The van der Waals surface area contributed by atoms with E-state index in [4.69, 9.17) is 14.2 Å². The van der Waals surface area contributed by atoms with E-state index in [0.717, 1.165) is 11.3 Å². The molecule has 0 saturated heterocycles. The number of carbonyl (C=O) groups excluding carboxylic acids is 2. The third-order valence-corrected chi connectivity index (χ3v) is 3.86. The van der Waals surface area contributed by atoms with Crippen LogP contribution in [-0.2, 0) is 30.3 Å². The quantitative estimate of drug-likeness (QED) is 0.511. The Hall–Kier alpha value is -2.09. The van der Waals surface area contributed by atoms with Crippen molar-refractivity contribution in [2.45, 2.75) is 34.2 Å². The molecule has 0 aromatic carbocycles. The Balaban J connectivity index is 3.72. The van der Waals surface area contributed by atoms with Gasteiger partial charge in [0.1, 0.15) is 15.5 Å². The van der Waals surface area contributed by atoms with Gasteiger partial charge in [0, 0.05) is 6.54 Å². The topological polar surface area (TPSA) is 83.8 Å². The molecule has 0 atom stereocenters. The summed E-state index contributed by atoms with van der Waals surface area (Å²) in [4.78, 5) is 36.6. The summed E-state index contributed by atoms with van der Waals surface area (Å²) in [5.41, 5.74) is -0.596. The second-order valence-electron chi connectivity index (χ2n) is 4.21. The van der Waals surface area contributed by atoms with Gasteiger partial charge in [-0.3, -0.25) is 9.36 Å². The minimum absolute atomic E-state index is 0.112. The van der Waals surface area contributed by atoms with Gasteiger partial charge in [0.25, 0.3) is 5.56 Å². The zero-order valence-corrected chi connectivity index (χ0v) is 14.5. The normalized spacial score (nSPS) is 11.2. The smallest absolute Gasteiger partial charge is 0.348 e. The van der Waals surface area contributed by atoms with Crippen LogP contribution in [0.15, 0.2) is 4.79 Å². The second kappa shape index (κ2) is 9.14. The van der Waals surface area contributed by atoms with Gasteiger partial charge in [-0.1, -0.05) is 0 Å². The van der Waals surface area contributed by atoms with Crippen LogP contribution >= 0.6 is 11.3 Å². The predicted molar refractivity (Wildman–Crippen MR) is 86.3 cm³/mol. The lowest BCUT2D eigenvalue weighted by atomic mass is 10.3. The van der Waals surface area contributed by atoms with Crippen LogP contribution in [0, 0.1) is 0 Å². The number of esters is 2. The van der Waals surface area contributed by atoms with E-state index in [0.29, 0.717) is 17.7 Å². The molecule has 7 nitrogen and oxygen atoms in total. The molecule has 0 saturated carbocycles. The lowest BCUT2D eigenvalue weighted by Gasteiger charge is -2.06. The van der Waals surface area contributed by atoms with Crippen molar-refractivity contribution in [1.82, 2.24) is 4.57 Å².